The zero-order valence-corrected chi connectivity index (χ0v) is 10.8. The fourth-order valence-electron chi connectivity index (χ4n) is 2.03. The van der Waals surface area contributed by atoms with Gasteiger partial charge in [-0.2, -0.15) is 0 Å². The zero-order valence-electron chi connectivity index (χ0n) is 10.8. The van der Waals surface area contributed by atoms with Crippen molar-refractivity contribution >= 4 is 5.97 Å². The molecule has 18 heavy (non-hydrogen) atoms. The summed E-state index contributed by atoms with van der Waals surface area (Å²) < 4.78 is 10.3. The predicted molar refractivity (Wildman–Crippen MR) is 65.4 cm³/mol. The molecule has 0 spiro atoms. The molecule has 0 aliphatic carbocycles. The van der Waals surface area contributed by atoms with Crippen LogP contribution in [0.25, 0.3) is 0 Å². The summed E-state index contributed by atoms with van der Waals surface area (Å²) in [5.74, 6) is 0.916. The molecular weight excluding hydrogens is 232 g/mol. The second-order valence-electron chi connectivity index (χ2n) is 4.44. The van der Waals surface area contributed by atoms with Crippen molar-refractivity contribution in [2.75, 3.05) is 19.8 Å². The Hall–Kier alpha value is -1.49. The van der Waals surface area contributed by atoms with Crippen molar-refractivity contribution in [2.24, 2.45) is 5.92 Å². The number of nitrogens with zero attached hydrogens (tertiary/aromatic N) is 2. The van der Waals surface area contributed by atoms with Crippen molar-refractivity contribution in [3.05, 3.63) is 23.3 Å². The maximum Gasteiger partial charge on any atom is 0.341 e. The van der Waals surface area contributed by atoms with Crippen molar-refractivity contribution in [1.29, 1.82) is 0 Å². The molecule has 1 atom stereocenters. The van der Waals surface area contributed by atoms with Crippen LogP contribution in [0.4, 0.5) is 0 Å². The highest BCUT2D eigenvalue weighted by molar-refractivity contribution is 5.90. The molecule has 1 aliphatic rings. The normalized spacial score (nSPS) is 18.9. The van der Waals surface area contributed by atoms with Crippen LogP contribution in [0.1, 0.15) is 35.2 Å². The summed E-state index contributed by atoms with van der Waals surface area (Å²) in [7, 11) is 0. The molecule has 0 saturated carbocycles. The fraction of sp³-hybridized carbons (Fsp3) is 0.615. The second-order valence-corrected chi connectivity index (χ2v) is 4.44. The van der Waals surface area contributed by atoms with Crippen LogP contribution in [0.2, 0.25) is 0 Å². The molecule has 0 bridgehead atoms. The van der Waals surface area contributed by atoms with Gasteiger partial charge < -0.3 is 9.47 Å². The van der Waals surface area contributed by atoms with Gasteiger partial charge in [0.05, 0.1) is 17.9 Å². The van der Waals surface area contributed by atoms with E-state index in [1.807, 2.05) is 6.92 Å². The monoisotopic (exact) mass is 250 g/mol. The van der Waals surface area contributed by atoms with E-state index in [9.17, 15) is 4.79 Å². The number of hydrogen-bond acceptors (Lipinski definition) is 5. The van der Waals surface area contributed by atoms with Crippen molar-refractivity contribution in [1.82, 2.24) is 9.97 Å². The summed E-state index contributed by atoms with van der Waals surface area (Å²) in [4.78, 5) is 20.2. The van der Waals surface area contributed by atoms with Gasteiger partial charge in [0.25, 0.3) is 0 Å². The standard InChI is InChI=1S/C13H18N2O3/c1-3-18-13(16)11-7-14-12(15-9(11)2)6-10-4-5-17-8-10/h7,10H,3-6,8H2,1-2H3. The molecule has 0 N–H and O–H groups in total. The molecule has 1 aliphatic heterocycles. The zero-order chi connectivity index (χ0) is 13.0. The molecule has 1 aromatic heterocycles. The Morgan fingerprint density at radius 2 is 2.44 bits per heavy atom. The Morgan fingerprint density at radius 1 is 1.61 bits per heavy atom. The first kappa shape index (κ1) is 13.0. The van der Waals surface area contributed by atoms with Gasteiger partial charge in [0.2, 0.25) is 0 Å². The Bertz CT molecular complexity index is 428. The smallest absolute Gasteiger partial charge is 0.341 e. The third-order valence-electron chi connectivity index (χ3n) is 3.02. The van der Waals surface area contributed by atoms with E-state index in [2.05, 4.69) is 9.97 Å². The van der Waals surface area contributed by atoms with Gasteiger partial charge >= 0.3 is 5.97 Å². The average Bonchev–Trinajstić information content (AvgIpc) is 2.82. The fourth-order valence-corrected chi connectivity index (χ4v) is 2.03. The van der Waals surface area contributed by atoms with Crippen LogP contribution in [0.3, 0.4) is 0 Å². The van der Waals surface area contributed by atoms with Gasteiger partial charge in [-0.25, -0.2) is 14.8 Å². The van der Waals surface area contributed by atoms with Gasteiger partial charge in [-0.1, -0.05) is 0 Å². The van der Waals surface area contributed by atoms with E-state index in [-0.39, 0.29) is 5.97 Å². The molecule has 1 saturated heterocycles. The van der Waals surface area contributed by atoms with E-state index in [1.165, 1.54) is 0 Å². The topological polar surface area (TPSA) is 61.3 Å². The van der Waals surface area contributed by atoms with Crippen molar-refractivity contribution < 1.29 is 14.3 Å². The molecule has 0 amide bonds. The summed E-state index contributed by atoms with van der Waals surface area (Å²) in [6, 6.07) is 0. The molecular formula is C13H18N2O3. The quantitative estimate of drug-likeness (QED) is 0.758. The summed E-state index contributed by atoms with van der Waals surface area (Å²) in [6.45, 7) is 5.55. The van der Waals surface area contributed by atoms with Crippen molar-refractivity contribution in [2.45, 2.75) is 26.7 Å². The molecule has 1 fully saturated rings. The van der Waals surface area contributed by atoms with Crippen LogP contribution in [0, 0.1) is 12.8 Å². The Morgan fingerprint density at radius 3 is 3.06 bits per heavy atom. The number of aromatic nitrogens is 2. The maximum absolute atomic E-state index is 11.6. The Labute approximate surface area is 107 Å². The van der Waals surface area contributed by atoms with E-state index >= 15 is 0 Å². The van der Waals surface area contributed by atoms with Gasteiger partial charge in [0.1, 0.15) is 5.82 Å². The molecule has 98 valence electrons. The van der Waals surface area contributed by atoms with Gasteiger partial charge in [-0.05, 0) is 26.2 Å². The lowest BCUT2D eigenvalue weighted by Gasteiger charge is -2.08. The average molecular weight is 250 g/mol. The number of esters is 1. The number of carbonyl (C=O) groups is 1. The number of rotatable bonds is 4. The minimum atomic E-state index is -0.356. The number of hydrogen-bond donors (Lipinski definition) is 0. The molecule has 0 radical (unpaired) electrons. The maximum atomic E-state index is 11.6. The minimum Gasteiger partial charge on any atom is -0.462 e. The van der Waals surface area contributed by atoms with Gasteiger partial charge in [0.15, 0.2) is 0 Å². The van der Waals surface area contributed by atoms with E-state index in [0.29, 0.717) is 23.8 Å². The van der Waals surface area contributed by atoms with Crippen LogP contribution in [0.5, 0.6) is 0 Å². The Balaban J connectivity index is 2.06. The van der Waals surface area contributed by atoms with E-state index in [1.54, 1.807) is 13.1 Å². The third kappa shape index (κ3) is 3.04. The van der Waals surface area contributed by atoms with Crippen molar-refractivity contribution in [3.63, 3.8) is 0 Å². The largest absolute Gasteiger partial charge is 0.462 e. The highest BCUT2D eigenvalue weighted by Gasteiger charge is 2.19. The van der Waals surface area contributed by atoms with Crippen LogP contribution < -0.4 is 0 Å². The third-order valence-corrected chi connectivity index (χ3v) is 3.02. The van der Waals surface area contributed by atoms with E-state index < -0.39 is 0 Å². The van der Waals surface area contributed by atoms with E-state index in [0.717, 1.165) is 31.9 Å². The first-order chi connectivity index (χ1) is 8.70. The first-order valence-corrected chi connectivity index (χ1v) is 6.28. The lowest BCUT2D eigenvalue weighted by molar-refractivity contribution is 0.0524. The van der Waals surface area contributed by atoms with Crippen LogP contribution in [0.15, 0.2) is 6.20 Å². The highest BCUT2D eigenvalue weighted by Crippen LogP contribution is 2.17. The lowest BCUT2D eigenvalue weighted by atomic mass is 10.0. The molecule has 5 heteroatoms. The second kappa shape index (κ2) is 5.91. The SMILES string of the molecule is CCOC(=O)c1cnc(CC2CCOC2)nc1C. The molecule has 5 nitrogen and oxygen atoms in total. The summed E-state index contributed by atoms with van der Waals surface area (Å²) in [5, 5.41) is 0. The lowest BCUT2D eigenvalue weighted by Crippen LogP contribution is -2.12. The molecule has 2 heterocycles. The van der Waals surface area contributed by atoms with Crippen LogP contribution in [-0.2, 0) is 15.9 Å². The Kier molecular flexibility index (Phi) is 4.25. The van der Waals surface area contributed by atoms with Crippen LogP contribution in [-0.4, -0.2) is 35.8 Å². The van der Waals surface area contributed by atoms with Crippen molar-refractivity contribution in [3.8, 4) is 0 Å². The predicted octanol–water partition coefficient (Wildman–Crippen LogP) is 1.54. The minimum absolute atomic E-state index is 0.356. The molecule has 2 rings (SSSR count). The number of ether oxygens (including phenoxy) is 2. The molecule has 1 unspecified atom stereocenters. The van der Waals surface area contributed by atoms with Gasteiger partial charge in [-0.15, -0.1) is 0 Å². The first-order valence-electron chi connectivity index (χ1n) is 6.28. The molecule has 0 aromatic carbocycles. The summed E-state index contributed by atoms with van der Waals surface area (Å²) in [5.41, 5.74) is 1.13. The summed E-state index contributed by atoms with van der Waals surface area (Å²) >= 11 is 0. The molecule has 1 aromatic rings. The number of carbonyl (C=O) groups excluding carboxylic acids is 1. The number of aryl methyl sites for hydroxylation is 1. The van der Waals surface area contributed by atoms with Gasteiger partial charge in [0, 0.05) is 25.8 Å². The highest BCUT2D eigenvalue weighted by atomic mass is 16.5. The summed E-state index contributed by atoms with van der Waals surface area (Å²) in [6.07, 6.45) is 3.43. The van der Waals surface area contributed by atoms with Gasteiger partial charge in [-0.3, -0.25) is 0 Å². The van der Waals surface area contributed by atoms with Crippen LogP contribution >= 0.6 is 0 Å². The van der Waals surface area contributed by atoms with E-state index in [4.69, 9.17) is 9.47 Å².